The third-order valence-corrected chi connectivity index (χ3v) is 3.71. The molecule has 1 saturated carbocycles. The first-order valence-electron chi connectivity index (χ1n) is 7.17. The minimum atomic E-state index is 0. The van der Waals surface area contributed by atoms with Crippen molar-refractivity contribution in [1.82, 2.24) is 15.6 Å². The van der Waals surface area contributed by atoms with Crippen molar-refractivity contribution in [3.8, 4) is 0 Å². The summed E-state index contributed by atoms with van der Waals surface area (Å²) in [5, 5.41) is 6.86. The van der Waals surface area contributed by atoms with E-state index in [1.807, 2.05) is 19.3 Å². The van der Waals surface area contributed by atoms with Crippen molar-refractivity contribution < 1.29 is 0 Å². The molecule has 0 radical (unpaired) electrons. The molecule has 0 bridgehead atoms. The van der Waals surface area contributed by atoms with Crippen molar-refractivity contribution in [1.29, 1.82) is 0 Å². The van der Waals surface area contributed by atoms with Gasteiger partial charge in [0, 0.05) is 19.3 Å². The lowest BCUT2D eigenvalue weighted by Gasteiger charge is -2.24. The number of aliphatic imine (C=N–C) groups is 1. The van der Waals surface area contributed by atoms with E-state index in [1.165, 1.54) is 37.7 Å². The van der Waals surface area contributed by atoms with E-state index in [2.05, 4.69) is 33.6 Å². The molecule has 1 aliphatic rings. The maximum atomic E-state index is 4.39. The first-order chi connectivity index (χ1) is 9.29. The van der Waals surface area contributed by atoms with Crippen LogP contribution in [0.25, 0.3) is 0 Å². The van der Waals surface area contributed by atoms with Crippen LogP contribution in [0.4, 0.5) is 0 Å². The zero-order valence-electron chi connectivity index (χ0n) is 12.4. The third-order valence-electron chi connectivity index (χ3n) is 3.71. The number of rotatable bonds is 3. The van der Waals surface area contributed by atoms with Crippen molar-refractivity contribution in [3.05, 3.63) is 29.6 Å². The fraction of sp³-hybridized carbons (Fsp3) is 0.600. The SMILES string of the molecule is CN=C(NCc1ncccc1C)NC1CCCCC1.I. The summed E-state index contributed by atoms with van der Waals surface area (Å²) in [5.74, 6) is 0.886. The van der Waals surface area contributed by atoms with Crippen LogP contribution in [0.2, 0.25) is 0 Å². The summed E-state index contributed by atoms with van der Waals surface area (Å²) in [7, 11) is 1.82. The minimum Gasteiger partial charge on any atom is -0.354 e. The largest absolute Gasteiger partial charge is 0.354 e. The molecule has 1 aliphatic carbocycles. The molecule has 1 fully saturated rings. The Bertz CT molecular complexity index is 428. The molecule has 0 spiro atoms. The second-order valence-corrected chi connectivity index (χ2v) is 5.17. The predicted molar refractivity (Wildman–Crippen MR) is 94.6 cm³/mol. The Morgan fingerprint density at radius 2 is 2.10 bits per heavy atom. The second-order valence-electron chi connectivity index (χ2n) is 5.17. The van der Waals surface area contributed by atoms with Gasteiger partial charge in [0.2, 0.25) is 0 Å². The zero-order chi connectivity index (χ0) is 13.5. The maximum Gasteiger partial charge on any atom is 0.191 e. The van der Waals surface area contributed by atoms with Gasteiger partial charge in [0.15, 0.2) is 5.96 Å². The van der Waals surface area contributed by atoms with Crippen LogP contribution in [0.5, 0.6) is 0 Å². The highest BCUT2D eigenvalue weighted by atomic mass is 127. The average molecular weight is 388 g/mol. The summed E-state index contributed by atoms with van der Waals surface area (Å²) in [6.07, 6.45) is 8.37. The van der Waals surface area contributed by atoms with Gasteiger partial charge in [0.05, 0.1) is 12.2 Å². The number of hydrogen-bond acceptors (Lipinski definition) is 2. The molecule has 4 nitrogen and oxygen atoms in total. The van der Waals surface area contributed by atoms with Crippen LogP contribution in [-0.4, -0.2) is 24.0 Å². The normalized spacial score (nSPS) is 16.4. The topological polar surface area (TPSA) is 49.3 Å². The molecule has 5 heteroatoms. The van der Waals surface area contributed by atoms with E-state index in [0.717, 1.165) is 18.2 Å². The first-order valence-corrected chi connectivity index (χ1v) is 7.17. The Morgan fingerprint density at radius 3 is 2.75 bits per heavy atom. The molecule has 0 amide bonds. The van der Waals surface area contributed by atoms with E-state index in [0.29, 0.717) is 6.04 Å². The standard InChI is InChI=1S/C15H24N4.HI/c1-12-7-6-10-17-14(12)11-18-15(16-2)19-13-8-4-3-5-9-13;/h6-7,10,13H,3-5,8-9,11H2,1-2H3,(H2,16,18,19);1H. The van der Waals surface area contributed by atoms with Gasteiger partial charge < -0.3 is 10.6 Å². The summed E-state index contributed by atoms with van der Waals surface area (Å²) >= 11 is 0. The lowest BCUT2D eigenvalue weighted by molar-refractivity contribution is 0.410. The summed E-state index contributed by atoms with van der Waals surface area (Å²) in [6, 6.07) is 4.62. The van der Waals surface area contributed by atoms with Crippen LogP contribution in [-0.2, 0) is 6.54 Å². The van der Waals surface area contributed by atoms with Crippen molar-refractivity contribution >= 4 is 29.9 Å². The van der Waals surface area contributed by atoms with E-state index in [4.69, 9.17) is 0 Å². The molecule has 112 valence electrons. The summed E-state index contributed by atoms with van der Waals surface area (Å²) in [5.41, 5.74) is 2.29. The number of aromatic nitrogens is 1. The fourth-order valence-electron chi connectivity index (χ4n) is 2.51. The van der Waals surface area contributed by atoms with Gasteiger partial charge >= 0.3 is 0 Å². The van der Waals surface area contributed by atoms with Gasteiger partial charge in [-0.25, -0.2) is 0 Å². The zero-order valence-corrected chi connectivity index (χ0v) is 14.7. The lowest BCUT2D eigenvalue weighted by Crippen LogP contribution is -2.44. The van der Waals surface area contributed by atoms with E-state index in [-0.39, 0.29) is 24.0 Å². The van der Waals surface area contributed by atoms with E-state index >= 15 is 0 Å². The summed E-state index contributed by atoms with van der Waals surface area (Å²) < 4.78 is 0. The molecule has 0 atom stereocenters. The molecule has 1 heterocycles. The number of hydrogen-bond donors (Lipinski definition) is 2. The van der Waals surface area contributed by atoms with Crippen LogP contribution in [0.15, 0.2) is 23.3 Å². The van der Waals surface area contributed by atoms with Crippen LogP contribution in [0.1, 0.15) is 43.4 Å². The molecule has 20 heavy (non-hydrogen) atoms. The molecule has 1 aromatic rings. The molecular formula is C15H25IN4. The van der Waals surface area contributed by atoms with Gasteiger partial charge in [0.1, 0.15) is 0 Å². The van der Waals surface area contributed by atoms with Gasteiger partial charge in [0.25, 0.3) is 0 Å². The molecule has 0 unspecified atom stereocenters. The first kappa shape index (κ1) is 17.2. The van der Waals surface area contributed by atoms with E-state index in [9.17, 15) is 0 Å². The highest BCUT2D eigenvalue weighted by Crippen LogP contribution is 2.17. The van der Waals surface area contributed by atoms with Gasteiger partial charge in [-0.1, -0.05) is 25.3 Å². The van der Waals surface area contributed by atoms with Crippen molar-refractivity contribution in [2.24, 2.45) is 4.99 Å². The van der Waals surface area contributed by atoms with Crippen LogP contribution in [0.3, 0.4) is 0 Å². The average Bonchev–Trinajstić information content (AvgIpc) is 2.46. The monoisotopic (exact) mass is 388 g/mol. The van der Waals surface area contributed by atoms with Gasteiger partial charge in [-0.2, -0.15) is 0 Å². The van der Waals surface area contributed by atoms with Crippen molar-refractivity contribution in [2.45, 2.75) is 51.6 Å². The minimum absolute atomic E-state index is 0. The van der Waals surface area contributed by atoms with E-state index < -0.39 is 0 Å². The summed E-state index contributed by atoms with van der Waals surface area (Å²) in [6.45, 7) is 2.81. The van der Waals surface area contributed by atoms with E-state index in [1.54, 1.807) is 0 Å². The Morgan fingerprint density at radius 1 is 1.35 bits per heavy atom. The van der Waals surface area contributed by atoms with Gasteiger partial charge in [-0.15, -0.1) is 24.0 Å². The molecule has 0 aromatic carbocycles. The Balaban J connectivity index is 0.00000200. The molecule has 2 N–H and O–H groups in total. The Hall–Kier alpha value is -0.850. The van der Waals surface area contributed by atoms with Gasteiger partial charge in [-0.05, 0) is 31.4 Å². The molecule has 1 aromatic heterocycles. The molecule has 0 aliphatic heterocycles. The fourth-order valence-corrected chi connectivity index (χ4v) is 2.51. The maximum absolute atomic E-state index is 4.39. The number of nitrogens with one attached hydrogen (secondary N) is 2. The smallest absolute Gasteiger partial charge is 0.191 e. The third kappa shape index (κ3) is 5.26. The number of aryl methyl sites for hydroxylation is 1. The van der Waals surface area contributed by atoms with Crippen LogP contribution < -0.4 is 10.6 Å². The second kappa shape index (κ2) is 9.15. The highest BCUT2D eigenvalue weighted by Gasteiger charge is 2.14. The Labute approximate surface area is 138 Å². The van der Waals surface area contributed by atoms with Crippen molar-refractivity contribution in [3.63, 3.8) is 0 Å². The van der Waals surface area contributed by atoms with Crippen molar-refractivity contribution in [2.75, 3.05) is 7.05 Å². The molecular weight excluding hydrogens is 363 g/mol. The number of nitrogens with zero attached hydrogens (tertiary/aromatic N) is 2. The number of guanidine groups is 1. The highest BCUT2D eigenvalue weighted by molar-refractivity contribution is 14.0. The number of halogens is 1. The predicted octanol–water partition coefficient (Wildman–Crippen LogP) is 3.01. The Kier molecular flexibility index (Phi) is 7.87. The molecule has 0 saturated heterocycles. The van der Waals surface area contributed by atoms with Crippen LogP contribution in [0, 0.1) is 6.92 Å². The van der Waals surface area contributed by atoms with Crippen LogP contribution >= 0.6 is 24.0 Å². The molecule has 2 rings (SSSR count). The lowest BCUT2D eigenvalue weighted by atomic mass is 9.96. The quantitative estimate of drug-likeness (QED) is 0.476. The summed E-state index contributed by atoms with van der Waals surface area (Å²) in [4.78, 5) is 8.68. The van der Waals surface area contributed by atoms with Gasteiger partial charge in [-0.3, -0.25) is 9.98 Å². The number of pyridine rings is 1.